The van der Waals surface area contributed by atoms with Crippen molar-refractivity contribution in [3.05, 3.63) is 99.7 Å². The lowest BCUT2D eigenvalue weighted by molar-refractivity contribution is -0.119. The van der Waals surface area contributed by atoms with Crippen LogP contribution in [0.1, 0.15) is 11.1 Å². The summed E-state index contributed by atoms with van der Waals surface area (Å²) in [7, 11) is 0. The summed E-state index contributed by atoms with van der Waals surface area (Å²) < 4.78 is 0. The molecular weight excluding hydrogens is 423 g/mol. The summed E-state index contributed by atoms with van der Waals surface area (Å²) in [5, 5.41) is 26.0. The van der Waals surface area contributed by atoms with Gasteiger partial charge >= 0.3 is 0 Å². The second-order valence-electron chi connectivity index (χ2n) is 7.20. The fourth-order valence-electron chi connectivity index (χ4n) is 4.42. The van der Waals surface area contributed by atoms with Crippen molar-refractivity contribution >= 4 is 46.1 Å². The van der Waals surface area contributed by atoms with E-state index in [0.29, 0.717) is 32.5 Å². The van der Waals surface area contributed by atoms with Crippen molar-refractivity contribution < 1.29 is 15.0 Å². The number of hydrogen-bond acceptors (Lipinski definition) is 4. The fraction of sp³-hybridized carbons (Fsp3) is 0.0870. The maximum absolute atomic E-state index is 13.6. The van der Waals surface area contributed by atoms with Gasteiger partial charge in [-0.15, -0.1) is 0 Å². The predicted molar refractivity (Wildman–Crippen MR) is 118 cm³/mol. The molecule has 2 aliphatic heterocycles. The molecule has 2 atom stereocenters. The van der Waals surface area contributed by atoms with Gasteiger partial charge in [0.15, 0.2) is 11.8 Å². The number of nitrogens with zero attached hydrogens (tertiary/aromatic N) is 1. The summed E-state index contributed by atoms with van der Waals surface area (Å²) in [6.07, 6.45) is -1.44. The van der Waals surface area contributed by atoms with Crippen LogP contribution in [0.15, 0.2) is 78.6 Å². The van der Waals surface area contributed by atoms with E-state index in [1.165, 1.54) is 4.90 Å². The van der Waals surface area contributed by atoms with Gasteiger partial charge in [-0.1, -0.05) is 59.6 Å². The SMILES string of the molecule is O=C1Nc2cc(Cl)ccc2C12C(c1cccc(Cl)c1)=C(O)C(O)N2c1ccccc1. The topological polar surface area (TPSA) is 72.8 Å². The second-order valence-corrected chi connectivity index (χ2v) is 8.08. The molecule has 7 heteroatoms. The van der Waals surface area contributed by atoms with E-state index in [1.54, 1.807) is 66.7 Å². The number of anilines is 2. The maximum atomic E-state index is 13.6. The molecule has 5 rings (SSSR count). The summed E-state index contributed by atoms with van der Waals surface area (Å²) in [5.41, 5.74) is 0.991. The lowest BCUT2D eigenvalue weighted by atomic mass is 9.80. The van der Waals surface area contributed by atoms with E-state index in [2.05, 4.69) is 5.32 Å². The van der Waals surface area contributed by atoms with Crippen LogP contribution in [0.25, 0.3) is 5.57 Å². The molecule has 3 aromatic carbocycles. The number of carbonyl (C=O) groups excluding carboxylic acids is 1. The zero-order valence-corrected chi connectivity index (χ0v) is 17.0. The van der Waals surface area contributed by atoms with E-state index in [1.807, 2.05) is 6.07 Å². The van der Waals surface area contributed by atoms with Crippen LogP contribution in [0, 0.1) is 0 Å². The Kier molecular flexibility index (Phi) is 4.29. The maximum Gasteiger partial charge on any atom is 0.260 e. The van der Waals surface area contributed by atoms with Crippen LogP contribution in [0.4, 0.5) is 11.4 Å². The monoisotopic (exact) mass is 438 g/mol. The molecule has 3 N–H and O–H groups in total. The lowest BCUT2D eigenvalue weighted by Gasteiger charge is -2.38. The van der Waals surface area contributed by atoms with Crippen molar-refractivity contribution in [2.45, 2.75) is 11.8 Å². The summed E-state index contributed by atoms with van der Waals surface area (Å²) in [6, 6.07) is 20.9. The van der Waals surface area contributed by atoms with Gasteiger partial charge in [-0.05, 0) is 42.0 Å². The molecule has 0 saturated carbocycles. The molecule has 30 heavy (non-hydrogen) atoms. The van der Waals surface area contributed by atoms with E-state index in [9.17, 15) is 15.0 Å². The third-order valence-electron chi connectivity index (χ3n) is 5.56. The largest absolute Gasteiger partial charge is 0.507 e. The number of halogens is 2. The molecule has 0 radical (unpaired) electrons. The van der Waals surface area contributed by atoms with Crippen molar-refractivity contribution in [2.75, 3.05) is 10.2 Å². The van der Waals surface area contributed by atoms with E-state index >= 15 is 0 Å². The molecule has 0 bridgehead atoms. The van der Waals surface area contributed by atoms with Gasteiger partial charge in [-0.2, -0.15) is 0 Å². The number of carbonyl (C=O) groups is 1. The Labute approximate surface area is 182 Å². The van der Waals surface area contributed by atoms with Gasteiger partial charge in [0.25, 0.3) is 5.91 Å². The number of aliphatic hydroxyl groups excluding tert-OH is 2. The van der Waals surface area contributed by atoms with Gasteiger partial charge in [0, 0.05) is 32.6 Å². The Bertz CT molecular complexity index is 1210. The normalized spacial score (nSPS) is 22.6. The van der Waals surface area contributed by atoms with E-state index in [0.717, 1.165) is 0 Å². The molecule has 0 saturated heterocycles. The standard InChI is InChI=1S/C23H16Cl2N2O3/c24-14-6-4-5-13(11-14)19-20(28)21(29)27(16-7-2-1-3-8-16)23(19)17-10-9-15(25)12-18(17)26-22(23)30/h1-12,21,28-29H,(H,26,30). The quantitative estimate of drug-likeness (QED) is 0.529. The number of amides is 1. The van der Waals surface area contributed by atoms with Crippen molar-refractivity contribution in [1.29, 1.82) is 0 Å². The van der Waals surface area contributed by atoms with Gasteiger partial charge in [0.1, 0.15) is 5.76 Å². The average Bonchev–Trinajstić information content (AvgIpc) is 3.13. The first-order valence-corrected chi connectivity index (χ1v) is 10.0. The lowest BCUT2D eigenvalue weighted by Crippen LogP contribution is -2.52. The van der Waals surface area contributed by atoms with Crippen LogP contribution in [0.3, 0.4) is 0 Å². The van der Waals surface area contributed by atoms with Gasteiger partial charge < -0.3 is 20.4 Å². The third kappa shape index (κ3) is 2.50. The van der Waals surface area contributed by atoms with Crippen LogP contribution in [-0.2, 0) is 10.3 Å². The van der Waals surface area contributed by atoms with Gasteiger partial charge in [0.2, 0.25) is 0 Å². The van der Waals surface area contributed by atoms with Crippen LogP contribution >= 0.6 is 23.2 Å². The fourth-order valence-corrected chi connectivity index (χ4v) is 4.79. The van der Waals surface area contributed by atoms with E-state index < -0.39 is 17.7 Å². The van der Waals surface area contributed by atoms with Crippen molar-refractivity contribution in [1.82, 2.24) is 0 Å². The highest BCUT2D eigenvalue weighted by molar-refractivity contribution is 6.32. The number of fused-ring (bicyclic) bond motifs is 2. The Morgan fingerprint density at radius 3 is 2.40 bits per heavy atom. The Morgan fingerprint density at radius 1 is 0.933 bits per heavy atom. The molecule has 2 aliphatic rings. The molecule has 0 aliphatic carbocycles. The Hall–Kier alpha value is -2.99. The van der Waals surface area contributed by atoms with Gasteiger partial charge in [-0.3, -0.25) is 4.79 Å². The summed E-state index contributed by atoms with van der Waals surface area (Å²) in [6.45, 7) is 0. The first-order valence-electron chi connectivity index (χ1n) is 9.28. The molecule has 5 nitrogen and oxygen atoms in total. The summed E-state index contributed by atoms with van der Waals surface area (Å²) in [4.78, 5) is 15.1. The number of hydrogen-bond donors (Lipinski definition) is 3. The molecule has 0 aromatic heterocycles. The summed E-state index contributed by atoms with van der Waals surface area (Å²) >= 11 is 12.4. The highest BCUT2D eigenvalue weighted by Crippen LogP contribution is 2.56. The second kappa shape index (κ2) is 6.77. The number of para-hydroxylation sites is 1. The highest BCUT2D eigenvalue weighted by atomic mass is 35.5. The molecule has 0 fully saturated rings. The zero-order valence-electron chi connectivity index (χ0n) is 15.5. The minimum Gasteiger partial charge on any atom is -0.507 e. The van der Waals surface area contributed by atoms with Crippen LogP contribution < -0.4 is 10.2 Å². The molecule has 3 aromatic rings. The number of benzene rings is 3. The van der Waals surface area contributed by atoms with E-state index in [-0.39, 0.29) is 11.3 Å². The van der Waals surface area contributed by atoms with Crippen molar-refractivity contribution in [3.63, 3.8) is 0 Å². The summed E-state index contributed by atoms with van der Waals surface area (Å²) in [5.74, 6) is -0.708. The first kappa shape index (κ1) is 19.0. The van der Waals surface area contributed by atoms with Crippen molar-refractivity contribution in [2.24, 2.45) is 0 Å². The van der Waals surface area contributed by atoms with Crippen LogP contribution in [0.5, 0.6) is 0 Å². The molecule has 1 spiro atoms. The van der Waals surface area contributed by atoms with E-state index in [4.69, 9.17) is 23.2 Å². The van der Waals surface area contributed by atoms with Gasteiger partial charge in [0.05, 0.1) is 0 Å². The minimum absolute atomic E-state index is 0.278. The van der Waals surface area contributed by atoms with Crippen molar-refractivity contribution in [3.8, 4) is 0 Å². The molecule has 2 heterocycles. The molecule has 1 amide bonds. The van der Waals surface area contributed by atoms with Crippen LogP contribution in [0.2, 0.25) is 10.0 Å². The Balaban J connectivity index is 1.86. The average molecular weight is 439 g/mol. The minimum atomic E-state index is -1.50. The number of nitrogens with one attached hydrogen (secondary N) is 1. The zero-order chi connectivity index (χ0) is 21.0. The van der Waals surface area contributed by atoms with Gasteiger partial charge in [-0.25, -0.2) is 0 Å². The molecule has 150 valence electrons. The first-order chi connectivity index (χ1) is 14.4. The number of aliphatic hydroxyl groups is 2. The number of rotatable bonds is 2. The molecular formula is C23H16Cl2N2O3. The third-order valence-corrected chi connectivity index (χ3v) is 6.03. The molecule has 2 unspecified atom stereocenters. The predicted octanol–water partition coefficient (Wildman–Crippen LogP) is 4.95. The van der Waals surface area contributed by atoms with Crippen LogP contribution in [-0.4, -0.2) is 22.3 Å². The Morgan fingerprint density at radius 2 is 1.67 bits per heavy atom. The smallest absolute Gasteiger partial charge is 0.260 e. The highest BCUT2D eigenvalue weighted by Gasteiger charge is 2.62.